The number of hydrogen-bond donors (Lipinski definition) is 1. The van der Waals surface area contributed by atoms with Crippen LogP contribution in [0.3, 0.4) is 0 Å². The molecule has 0 spiro atoms. The number of nitrogen functional groups attached to an aromatic ring is 1. The second-order valence-electron chi connectivity index (χ2n) is 7.34. The molecule has 1 atom stereocenters. The Labute approximate surface area is 179 Å². The molecule has 150 valence electrons. The van der Waals surface area contributed by atoms with Crippen molar-refractivity contribution in [3.8, 4) is 22.6 Å². The zero-order valence-electron chi connectivity index (χ0n) is 16.4. The summed E-state index contributed by atoms with van der Waals surface area (Å²) in [5, 5.41) is 9.34. The maximum atomic E-state index is 6.41. The van der Waals surface area contributed by atoms with Gasteiger partial charge in [-0.3, -0.25) is 4.57 Å². The first kappa shape index (κ1) is 18.6. The van der Waals surface area contributed by atoms with E-state index in [1.807, 2.05) is 43.3 Å². The standard InChI is InChI=1S/C23H20ClN5O/c1-14-27-28-23-11-9-21(30-18-6-4-17(24)5-7-18)19-12-15(2-8-20(19)29(14)23)16-3-10-22(25)26-13-16/h2-8,10,12-13,21H,9,11H2,1H3,(H2,25,26). The predicted octanol–water partition coefficient (Wildman–Crippen LogP) is 4.94. The van der Waals surface area contributed by atoms with Crippen LogP contribution in [0, 0.1) is 6.92 Å². The molecule has 7 heteroatoms. The Morgan fingerprint density at radius 3 is 2.60 bits per heavy atom. The fourth-order valence-corrected chi connectivity index (χ4v) is 3.99. The number of nitrogens with two attached hydrogens (primary N) is 1. The average Bonchev–Trinajstić information content (AvgIpc) is 3.05. The third kappa shape index (κ3) is 3.39. The smallest absolute Gasteiger partial charge is 0.137 e. The molecule has 2 N–H and O–H groups in total. The van der Waals surface area contributed by atoms with Crippen molar-refractivity contribution in [2.75, 3.05) is 5.73 Å². The third-order valence-electron chi connectivity index (χ3n) is 5.35. The molecule has 0 saturated heterocycles. The molecule has 1 unspecified atom stereocenters. The minimum Gasteiger partial charge on any atom is -0.486 e. The fourth-order valence-electron chi connectivity index (χ4n) is 3.87. The Morgan fingerprint density at radius 2 is 1.83 bits per heavy atom. The highest BCUT2D eigenvalue weighted by Gasteiger charge is 2.26. The van der Waals surface area contributed by atoms with Crippen LogP contribution < -0.4 is 10.5 Å². The summed E-state index contributed by atoms with van der Waals surface area (Å²) in [4.78, 5) is 4.23. The second-order valence-corrected chi connectivity index (χ2v) is 7.78. The van der Waals surface area contributed by atoms with Crippen molar-refractivity contribution in [3.05, 3.63) is 83.0 Å². The largest absolute Gasteiger partial charge is 0.486 e. The number of aromatic nitrogens is 4. The van der Waals surface area contributed by atoms with Gasteiger partial charge in [-0.15, -0.1) is 10.2 Å². The topological polar surface area (TPSA) is 78.9 Å². The van der Waals surface area contributed by atoms with Gasteiger partial charge in [0.2, 0.25) is 0 Å². The van der Waals surface area contributed by atoms with Crippen LogP contribution in [0.25, 0.3) is 16.8 Å². The summed E-state index contributed by atoms with van der Waals surface area (Å²) < 4.78 is 8.53. The van der Waals surface area contributed by atoms with E-state index in [2.05, 4.69) is 37.9 Å². The SMILES string of the molecule is Cc1nnc2n1-c1ccc(-c3ccc(N)nc3)cc1C(Oc1ccc(Cl)cc1)CC2. The Balaban J connectivity index is 1.62. The highest BCUT2D eigenvalue weighted by molar-refractivity contribution is 6.30. The van der Waals surface area contributed by atoms with Crippen LogP contribution in [0.15, 0.2) is 60.8 Å². The van der Waals surface area contributed by atoms with E-state index in [1.165, 1.54) is 0 Å². The molecule has 0 saturated carbocycles. The molecule has 4 aromatic rings. The van der Waals surface area contributed by atoms with Crippen LogP contribution >= 0.6 is 11.6 Å². The van der Waals surface area contributed by atoms with Gasteiger partial charge in [-0.2, -0.15) is 0 Å². The van der Waals surface area contributed by atoms with Gasteiger partial charge in [0.1, 0.15) is 29.3 Å². The number of hydrogen-bond acceptors (Lipinski definition) is 5. The highest BCUT2D eigenvalue weighted by atomic mass is 35.5. The molecule has 2 aromatic heterocycles. The third-order valence-corrected chi connectivity index (χ3v) is 5.60. The van der Waals surface area contributed by atoms with E-state index in [1.54, 1.807) is 6.20 Å². The monoisotopic (exact) mass is 417 g/mol. The molecule has 0 amide bonds. The van der Waals surface area contributed by atoms with E-state index < -0.39 is 0 Å². The Morgan fingerprint density at radius 1 is 1.03 bits per heavy atom. The van der Waals surface area contributed by atoms with Crippen LogP contribution in [0.4, 0.5) is 5.82 Å². The van der Waals surface area contributed by atoms with E-state index in [0.717, 1.165) is 52.6 Å². The van der Waals surface area contributed by atoms with Crippen molar-refractivity contribution in [1.29, 1.82) is 0 Å². The van der Waals surface area contributed by atoms with Gasteiger partial charge in [-0.1, -0.05) is 17.7 Å². The zero-order chi connectivity index (χ0) is 20.7. The van der Waals surface area contributed by atoms with E-state index in [4.69, 9.17) is 22.1 Å². The van der Waals surface area contributed by atoms with Gasteiger partial charge in [-0.25, -0.2) is 4.98 Å². The Bertz CT molecular complexity index is 1200. The molecular weight excluding hydrogens is 398 g/mol. The number of fused-ring (bicyclic) bond motifs is 3. The minimum absolute atomic E-state index is 0.135. The van der Waals surface area contributed by atoms with Crippen molar-refractivity contribution in [3.63, 3.8) is 0 Å². The second kappa shape index (κ2) is 7.46. The summed E-state index contributed by atoms with van der Waals surface area (Å²) >= 11 is 6.04. The molecule has 1 aliphatic heterocycles. The van der Waals surface area contributed by atoms with Gasteiger partial charge >= 0.3 is 0 Å². The first-order valence-corrected chi connectivity index (χ1v) is 10.2. The van der Waals surface area contributed by atoms with Crippen molar-refractivity contribution in [1.82, 2.24) is 19.7 Å². The number of aryl methyl sites for hydroxylation is 2. The summed E-state index contributed by atoms with van der Waals surface area (Å²) in [6.45, 7) is 1.97. The van der Waals surface area contributed by atoms with Crippen molar-refractivity contribution in [2.45, 2.75) is 25.9 Å². The van der Waals surface area contributed by atoms with Crippen LogP contribution in [-0.2, 0) is 6.42 Å². The summed E-state index contributed by atoms with van der Waals surface area (Å²) in [5.74, 6) is 3.09. The lowest BCUT2D eigenvalue weighted by atomic mass is 9.98. The van der Waals surface area contributed by atoms with Crippen LogP contribution in [0.5, 0.6) is 5.75 Å². The molecular formula is C23H20ClN5O. The van der Waals surface area contributed by atoms with Crippen molar-refractivity contribution in [2.24, 2.45) is 0 Å². The van der Waals surface area contributed by atoms with E-state index in [9.17, 15) is 0 Å². The molecule has 1 aliphatic rings. The Hall–Kier alpha value is -3.38. The van der Waals surface area contributed by atoms with Gasteiger partial charge < -0.3 is 10.5 Å². The molecule has 5 rings (SSSR count). The highest BCUT2D eigenvalue weighted by Crippen LogP contribution is 2.37. The molecule has 0 fully saturated rings. The number of ether oxygens (including phenoxy) is 1. The summed E-state index contributed by atoms with van der Waals surface area (Å²) in [5.41, 5.74) is 9.94. The molecule has 0 radical (unpaired) electrons. The molecule has 3 heterocycles. The Kier molecular flexibility index (Phi) is 4.64. The van der Waals surface area contributed by atoms with Crippen LogP contribution in [-0.4, -0.2) is 19.7 Å². The predicted molar refractivity (Wildman–Crippen MR) is 117 cm³/mol. The van der Waals surface area contributed by atoms with Crippen molar-refractivity contribution >= 4 is 17.4 Å². The fraction of sp³-hybridized carbons (Fsp3) is 0.174. The lowest BCUT2D eigenvalue weighted by molar-refractivity contribution is 0.196. The number of pyridine rings is 1. The minimum atomic E-state index is -0.135. The number of rotatable bonds is 3. The van der Waals surface area contributed by atoms with E-state index in [0.29, 0.717) is 10.8 Å². The lowest BCUT2D eigenvalue weighted by Gasteiger charge is -2.21. The molecule has 6 nitrogen and oxygen atoms in total. The average molecular weight is 418 g/mol. The number of benzene rings is 2. The van der Waals surface area contributed by atoms with Gasteiger partial charge in [-0.05, 0) is 67.4 Å². The normalized spacial score (nSPS) is 15.2. The molecule has 0 bridgehead atoms. The molecule has 2 aromatic carbocycles. The summed E-state index contributed by atoms with van der Waals surface area (Å²) in [7, 11) is 0. The molecule has 0 aliphatic carbocycles. The first-order chi connectivity index (χ1) is 14.6. The van der Waals surface area contributed by atoms with E-state index in [-0.39, 0.29) is 6.10 Å². The van der Waals surface area contributed by atoms with Gasteiger partial charge in [0.05, 0.1) is 5.69 Å². The molecule has 30 heavy (non-hydrogen) atoms. The van der Waals surface area contributed by atoms with E-state index >= 15 is 0 Å². The number of halogens is 1. The summed E-state index contributed by atoms with van der Waals surface area (Å²) in [6.07, 6.45) is 3.21. The summed E-state index contributed by atoms with van der Waals surface area (Å²) in [6, 6.07) is 17.6. The lowest BCUT2D eigenvalue weighted by Crippen LogP contribution is -2.10. The maximum Gasteiger partial charge on any atom is 0.137 e. The number of anilines is 1. The van der Waals surface area contributed by atoms with Crippen LogP contribution in [0.1, 0.15) is 29.7 Å². The van der Waals surface area contributed by atoms with Gasteiger partial charge in [0, 0.05) is 28.8 Å². The van der Waals surface area contributed by atoms with Crippen LogP contribution in [0.2, 0.25) is 5.02 Å². The zero-order valence-corrected chi connectivity index (χ0v) is 17.2. The van der Waals surface area contributed by atoms with Crippen molar-refractivity contribution < 1.29 is 4.74 Å². The quantitative estimate of drug-likeness (QED) is 0.510. The van der Waals surface area contributed by atoms with Gasteiger partial charge in [0.15, 0.2) is 0 Å². The number of nitrogens with zero attached hydrogens (tertiary/aromatic N) is 4. The van der Waals surface area contributed by atoms with Gasteiger partial charge in [0.25, 0.3) is 0 Å². The maximum absolute atomic E-state index is 6.41. The first-order valence-electron chi connectivity index (χ1n) is 9.78.